The number of rotatable bonds is 3. The Balaban J connectivity index is 1.92. The van der Waals surface area contributed by atoms with E-state index in [1.165, 1.54) is 0 Å². The SMILES string of the molecule is C[C@H](NC(=O)NC(C)(C)C)[C@@H]1CCCN(c2ncc(Br)cn2)C1. The number of halogens is 1. The van der Waals surface area contributed by atoms with Crippen molar-refractivity contribution in [3.05, 3.63) is 16.9 Å². The highest BCUT2D eigenvalue weighted by Crippen LogP contribution is 2.23. The lowest BCUT2D eigenvalue weighted by Crippen LogP contribution is -2.52. The molecule has 1 aliphatic rings. The highest BCUT2D eigenvalue weighted by molar-refractivity contribution is 9.10. The Morgan fingerprint density at radius 2 is 2.04 bits per heavy atom. The number of nitrogens with zero attached hydrogens (tertiary/aromatic N) is 3. The summed E-state index contributed by atoms with van der Waals surface area (Å²) in [7, 11) is 0. The van der Waals surface area contributed by atoms with E-state index in [9.17, 15) is 4.79 Å². The standard InChI is InChI=1S/C16H26BrN5O/c1-11(20-15(23)21-16(2,3)4)12-6-5-7-22(10-12)14-18-8-13(17)9-19-14/h8-9,11-12H,5-7,10H2,1-4H3,(H2,20,21,23)/t11-,12+/m0/s1. The molecular weight excluding hydrogens is 358 g/mol. The number of piperidine rings is 1. The molecule has 2 heterocycles. The third kappa shape index (κ3) is 5.64. The Labute approximate surface area is 146 Å². The van der Waals surface area contributed by atoms with Crippen LogP contribution in [0.4, 0.5) is 10.7 Å². The second-order valence-electron chi connectivity index (χ2n) is 7.19. The van der Waals surface area contributed by atoms with Crippen molar-refractivity contribution >= 4 is 27.9 Å². The number of carbonyl (C=O) groups is 1. The first-order chi connectivity index (χ1) is 10.7. The number of urea groups is 1. The smallest absolute Gasteiger partial charge is 0.315 e. The summed E-state index contributed by atoms with van der Waals surface area (Å²) in [6, 6.07) is -0.00221. The normalized spacial score (nSPS) is 20.0. The van der Waals surface area contributed by atoms with Crippen molar-refractivity contribution in [2.24, 2.45) is 5.92 Å². The fraction of sp³-hybridized carbons (Fsp3) is 0.688. The van der Waals surface area contributed by atoms with Gasteiger partial charge in [-0.05, 0) is 62.4 Å². The summed E-state index contributed by atoms with van der Waals surface area (Å²) in [4.78, 5) is 23.0. The molecule has 0 bridgehead atoms. The van der Waals surface area contributed by atoms with Crippen molar-refractivity contribution in [1.82, 2.24) is 20.6 Å². The van der Waals surface area contributed by atoms with Gasteiger partial charge >= 0.3 is 6.03 Å². The molecule has 0 unspecified atom stereocenters. The molecule has 1 aliphatic heterocycles. The van der Waals surface area contributed by atoms with Crippen LogP contribution in [0.1, 0.15) is 40.5 Å². The molecule has 0 aromatic carbocycles. The van der Waals surface area contributed by atoms with Crippen LogP contribution in [-0.4, -0.2) is 40.7 Å². The molecule has 1 aromatic heterocycles. The zero-order chi connectivity index (χ0) is 17.0. The number of hydrogen-bond acceptors (Lipinski definition) is 4. The van der Waals surface area contributed by atoms with Crippen LogP contribution >= 0.6 is 15.9 Å². The van der Waals surface area contributed by atoms with E-state index in [1.807, 2.05) is 20.8 Å². The Morgan fingerprint density at radius 1 is 1.39 bits per heavy atom. The van der Waals surface area contributed by atoms with E-state index < -0.39 is 0 Å². The van der Waals surface area contributed by atoms with Crippen molar-refractivity contribution in [1.29, 1.82) is 0 Å². The van der Waals surface area contributed by atoms with Gasteiger partial charge < -0.3 is 15.5 Å². The maximum Gasteiger partial charge on any atom is 0.315 e. The Bertz CT molecular complexity index is 528. The van der Waals surface area contributed by atoms with Gasteiger partial charge in [0.1, 0.15) is 0 Å². The minimum Gasteiger partial charge on any atom is -0.340 e. The lowest BCUT2D eigenvalue weighted by molar-refractivity contribution is 0.221. The Kier molecular flexibility index (Phi) is 5.84. The van der Waals surface area contributed by atoms with Gasteiger partial charge in [0.05, 0.1) is 4.47 Å². The molecule has 2 amide bonds. The Morgan fingerprint density at radius 3 is 2.65 bits per heavy atom. The van der Waals surface area contributed by atoms with Crippen molar-refractivity contribution in [3.63, 3.8) is 0 Å². The van der Waals surface area contributed by atoms with Gasteiger partial charge in [-0.2, -0.15) is 0 Å². The average molecular weight is 384 g/mol. The molecule has 1 fully saturated rings. The third-order valence-corrected chi connectivity index (χ3v) is 4.31. The van der Waals surface area contributed by atoms with Crippen LogP contribution in [0.3, 0.4) is 0 Å². The third-order valence-electron chi connectivity index (χ3n) is 3.90. The molecule has 7 heteroatoms. The lowest BCUT2D eigenvalue weighted by Gasteiger charge is -2.36. The zero-order valence-corrected chi connectivity index (χ0v) is 15.9. The van der Waals surface area contributed by atoms with Gasteiger partial charge in [0.15, 0.2) is 0 Å². The summed E-state index contributed by atoms with van der Waals surface area (Å²) in [5, 5.41) is 6.01. The summed E-state index contributed by atoms with van der Waals surface area (Å²) in [5.41, 5.74) is -0.229. The zero-order valence-electron chi connectivity index (χ0n) is 14.3. The fourth-order valence-corrected chi connectivity index (χ4v) is 2.97. The maximum absolute atomic E-state index is 12.0. The van der Waals surface area contributed by atoms with Gasteiger partial charge in [-0.15, -0.1) is 0 Å². The number of amides is 2. The molecule has 0 radical (unpaired) electrons. The van der Waals surface area contributed by atoms with Crippen LogP contribution < -0.4 is 15.5 Å². The molecular formula is C16H26BrN5O. The molecule has 0 spiro atoms. The van der Waals surface area contributed by atoms with Gasteiger partial charge in [0.25, 0.3) is 0 Å². The summed E-state index contributed by atoms with van der Waals surface area (Å²) >= 11 is 3.36. The van der Waals surface area contributed by atoms with Crippen molar-refractivity contribution in [2.75, 3.05) is 18.0 Å². The van der Waals surface area contributed by atoms with Crippen LogP contribution in [0, 0.1) is 5.92 Å². The van der Waals surface area contributed by atoms with Gasteiger partial charge in [0, 0.05) is 37.1 Å². The van der Waals surface area contributed by atoms with E-state index >= 15 is 0 Å². The van der Waals surface area contributed by atoms with Crippen molar-refractivity contribution in [3.8, 4) is 0 Å². The van der Waals surface area contributed by atoms with Crippen molar-refractivity contribution in [2.45, 2.75) is 52.1 Å². The molecule has 2 N–H and O–H groups in total. The molecule has 1 saturated heterocycles. The minimum absolute atomic E-state index is 0.107. The summed E-state index contributed by atoms with van der Waals surface area (Å²) in [6.07, 6.45) is 5.72. The average Bonchev–Trinajstić information content (AvgIpc) is 2.46. The Hall–Kier alpha value is -1.37. The summed E-state index contributed by atoms with van der Waals surface area (Å²) in [6.45, 7) is 9.82. The molecule has 6 nitrogen and oxygen atoms in total. The van der Waals surface area contributed by atoms with E-state index in [4.69, 9.17) is 0 Å². The monoisotopic (exact) mass is 383 g/mol. The van der Waals surface area contributed by atoms with Crippen molar-refractivity contribution < 1.29 is 4.79 Å². The minimum atomic E-state index is -0.229. The number of nitrogens with one attached hydrogen (secondary N) is 2. The first kappa shape index (κ1) is 18.0. The maximum atomic E-state index is 12.0. The van der Waals surface area contributed by atoms with Gasteiger partial charge in [-0.1, -0.05) is 0 Å². The van der Waals surface area contributed by atoms with Gasteiger partial charge in [-0.3, -0.25) is 0 Å². The lowest BCUT2D eigenvalue weighted by atomic mass is 9.92. The van der Waals surface area contributed by atoms with E-state index in [0.717, 1.165) is 36.4 Å². The van der Waals surface area contributed by atoms with Crippen LogP contribution in [0.25, 0.3) is 0 Å². The quantitative estimate of drug-likeness (QED) is 0.841. The highest BCUT2D eigenvalue weighted by Gasteiger charge is 2.27. The van der Waals surface area contributed by atoms with Gasteiger partial charge in [0.2, 0.25) is 5.95 Å². The van der Waals surface area contributed by atoms with Crippen LogP contribution in [0.15, 0.2) is 16.9 Å². The molecule has 128 valence electrons. The molecule has 1 aromatic rings. The van der Waals surface area contributed by atoms with E-state index in [-0.39, 0.29) is 17.6 Å². The van der Waals surface area contributed by atoms with Crippen LogP contribution in [-0.2, 0) is 0 Å². The van der Waals surface area contributed by atoms with Crippen LogP contribution in [0.5, 0.6) is 0 Å². The predicted octanol–water partition coefficient (Wildman–Crippen LogP) is 2.94. The number of hydrogen-bond donors (Lipinski definition) is 2. The highest BCUT2D eigenvalue weighted by atomic mass is 79.9. The molecule has 2 rings (SSSR count). The second kappa shape index (κ2) is 7.47. The molecule has 23 heavy (non-hydrogen) atoms. The van der Waals surface area contributed by atoms with Crippen LogP contribution in [0.2, 0.25) is 0 Å². The largest absolute Gasteiger partial charge is 0.340 e. The first-order valence-corrected chi connectivity index (χ1v) is 8.85. The number of carbonyl (C=O) groups excluding carboxylic acids is 1. The fourth-order valence-electron chi connectivity index (χ4n) is 2.77. The molecule has 0 saturated carbocycles. The second-order valence-corrected chi connectivity index (χ2v) is 8.10. The van der Waals surface area contributed by atoms with E-state index in [1.54, 1.807) is 12.4 Å². The number of aromatic nitrogens is 2. The predicted molar refractivity (Wildman–Crippen MR) is 95.6 cm³/mol. The first-order valence-electron chi connectivity index (χ1n) is 8.06. The molecule has 0 aliphatic carbocycles. The summed E-state index contributed by atoms with van der Waals surface area (Å²) < 4.78 is 0.878. The topological polar surface area (TPSA) is 70.2 Å². The summed E-state index contributed by atoms with van der Waals surface area (Å²) in [5.74, 6) is 1.14. The molecule has 2 atom stereocenters. The van der Waals surface area contributed by atoms with E-state index in [0.29, 0.717) is 5.92 Å². The van der Waals surface area contributed by atoms with E-state index in [2.05, 4.69) is 48.4 Å². The van der Waals surface area contributed by atoms with Gasteiger partial charge in [-0.25, -0.2) is 14.8 Å². The number of anilines is 1.